The molecule has 0 radical (unpaired) electrons. The van der Waals surface area contributed by atoms with Crippen molar-refractivity contribution in [3.05, 3.63) is 0 Å². The van der Waals surface area contributed by atoms with Gasteiger partial charge in [-0.2, -0.15) is 0 Å². The quantitative estimate of drug-likeness (QED) is 0.652. The van der Waals surface area contributed by atoms with E-state index in [0.29, 0.717) is 12.0 Å². The maximum absolute atomic E-state index is 5.76. The van der Waals surface area contributed by atoms with Gasteiger partial charge in [0.15, 0.2) is 0 Å². The third kappa shape index (κ3) is 5.25. The lowest BCUT2D eigenvalue weighted by Crippen LogP contribution is -2.24. The van der Waals surface area contributed by atoms with Crippen LogP contribution in [0.1, 0.15) is 47.0 Å². The lowest BCUT2D eigenvalue weighted by atomic mass is 9.93. The summed E-state index contributed by atoms with van der Waals surface area (Å²) in [6.07, 6.45) is 3.91. The fourth-order valence-electron chi connectivity index (χ4n) is 1.01. The number of hydrogen-bond donors (Lipinski definition) is 1. The van der Waals surface area contributed by atoms with Crippen LogP contribution in [-0.4, -0.2) is 6.04 Å². The van der Waals surface area contributed by atoms with Gasteiger partial charge in [0.2, 0.25) is 0 Å². The Morgan fingerprint density at radius 1 is 1.09 bits per heavy atom. The van der Waals surface area contributed by atoms with Gasteiger partial charge in [-0.15, -0.1) is 0 Å². The molecule has 2 N–H and O–H groups in total. The number of hydrogen-bond acceptors (Lipinski definition) is 1. The van der Waals surface area contributed by atoms with Crippen molar-refractivity contribution in [3.63, 3.8) is 0 Å². The molecule has 0 heterocycles. The summed E-state index contributed by atoms with van der Waals surface area (Å²) < 4.78 is 0. The maximum Gasteiger partial charge on any atom is 0.00361 e. The largest absolute Gasteiger partial charge is 0.328 e. The lowest BCUT2D eigenvalue weighted by molar-refractivity contribution is 0.385. The third-order valence-electron chi connectivity index (χ3n) is 2.71. The second-order valence-electron chi connectivity index (χ2n) is 3.93. The van der Waals surface area contributed by atoms with Crippen molar-refractivity contribution in [2.45, 2.75) is 53.0 Å². The molecular weight excluding hydrogens is 134 g/mol. The van der Waals surface area contributed by atoms with Crippen LogP contribution in [0, 0.1) is 11.8 Å². The van der Waals surface area contributed by atoms with E-state index in [4.69, 9.17) is 5.73 Å². The standard InChI is InChI=1S/C10H23N/c1-5-8(2)6-7-9(3)10(4)11/h8-10H,5-7,11H2,1-4H3. The molecule has 0 aromatic heterocycles. The Morgan fingerprint density at radius 3 is 2.00 bits per heavy atom. The average molecular weight is 157 g/mol. The molecule has 3 unspecified atom stereocenters. The first-order chi connectivity index (χ1) is 5.07. The van der Waals surface area contributed by atoms with Crippen LogP contribution in [0.25, 0.3) is 0 Å². The summed E-state index contributed by atoms with van der Waals surface area (Å²) in [6.45, 7) is 8.91. The van der Waals surface area contributed by atoms with E-state index in [0.717, 1.165) is 5.92 Å². The Labute approximate surface area is 71.4 Å². The van der Waals surface area contributed by atoms with Gasteiger partial charge in [0.05, 0.1) is 0 Å². The molecule has 0 aliphatic heterocycles. The van der Waals surface area contributed by atoms with Gasteiger partial charge in [0, 0.05) is 6.04 Å². The molecule has 68 valence electrons. The van der Waals surface area contributed by atoms with E-state index >= 15 is 0 Å². The Hall–Kier alpha value is -0.0400. The second-order valence-corrected chi connectivity index (χ2v) is 3.93. The zero-order valence-corrected chi connectivity index (χ0v) is 8.43. The molecule has 0 bridgehead atoms. The van der Waals surface area contributed by atoms with Crippen molar-refractivity contribution in [1.29, 1.82) is 0 Å². The van der Waals surface area contributed by atoms with Crippen LogP contribution in [-0.2, 0) is 0 Å². The van der Waals surface area contributed by atoms with Gasteiger partial charge in [-0.1, -0.05) is 33.6 Å². The summed E-state index contributed by atoms with van der Waals surface area (Å²) in [7, 11) is 0. The molecule has 0 saturated heterocycles. The van der Waals surface area contributed by atoms with Crippen molar-refractivity contribution < 1.29 is 0 Å². The van der Waals surface area contributed by atoms with Gasteiger partial charge in [-0.25, -0.2) is 0 Å². The minimum atomic E-state index is 0.360. The summed E-state index contributed by atoms with van der Waals surface area (Å²) in [5, 5.41) is 0. The zero-order valence-electron chi connectivity index (χ0n) is 8.43. The normalized spacial score (nSPS) is 19.4. The molecule has 1 heteroatoms. The maximum atomic E-state index is 5.76. The van der Waals surface area contributed by atoms with E-state index in [1.54, 1.807) is 0 Å². The molecular formula is C10H23N. The first-order valence-electron chi connectivity index (χ1n) is 4.83. The zero-order chi connectivity index (χ0) is 8.85. The Balaban J connectivity index is 3.37. The summed E-state index contributed by atoms with van der Waals surface area (Å²) >= 11 is 0. The SMILES string of the molecule is CCC(C)CCC(C)C(C)N. The summed E-state index contributed by atoms with van der Waals surface area (Å²) in [5.74, 6) is 1.56. The fourth-order valence-corrected chi connectivity index (χ4v) is 1.01. The fraction of sp³-hybridized carbons (Fsp3) is 1.00. The highest BCUT2D eigenvalue weighted by atomic mass is 14.6. The Bertz CT molecular complexity index is 88.9. The van der Waals surface area contributed by atoms with Gasteiger partial charge in [0.25, 0.3) is 0 Å². The number of nitrogens with two attached hydrogens (primary N) is 1. The molecule has 0 rings (SSSR count). The van der Waals surface area contributed by atoms with Gasteiger partial charge < -0.3 is 5.73 Å². The Morgan fingerprint density at radius 2 is 1.64 bits per heavy atom. The second kappa shape index (κ2) is 5.59. The van der Waals surface area contributed by atoms with Crippen LogP contribution in [0.2, 0.25) is 0 Å². The molecule has 0 amide bonds. The van der Waals surface area contributed by atoms with Gasteiger partial charge in [0.1, 0.15) is 0 Å². The minimum Gasteiger partial charge on any atom is -0.328 e. The Kier molecular flexibility index (Phi) is 5.57. The van der Waals surface area contributed by atoms with Gasteiger partial charge in [-0.05, 0) is 25.2 Å². The third-order valence-corrected chi connectivity index (χ3v) is 2.71. The number of rotatable bonds is 5. The minimum absolute atomic E-state index is 0.360. The van der Waals surface area contributed by atoms with E-state index < -0.39 is 0 Å². The molecule has 11 heavy (non-hydrogen) atoms. The lowest BCUT2D eigenvalue weighted by Gasteiger charge is -2.17. The first kappa shape index (κ1) is 11.0. The molecule has 0 fully saturated rings. The molecule has 0 aromatic rings. The average Bonchev–Trinajstić information content (AvgIpc) is 1.99. The van der Waals surface area contributed by atoms with Crippen molar-refractivity contribution in [1.82, 2.24) is 0 Å². The summed E-state index contributed by atoms with van der Waals surface area (Å²) in [5.41, 5.74) is 5.76. The smallest absolute Gasteiger partial charge is 0.00361 e. The van der Waals surface area contributed by atoms with E-state index in [-0.39, 0.29) is 0 Å². The van der Waals surface area contributed by atoms with E-state index in [1.807, 2.05) is 0 Å². The van der Waals surface area contributed by atoms with Crippen LogP contribution in [0.5, 0.6) is 0 Å². The van der Waals surface area contributed by atoms with Crippen LogP contribution < -0.4 is 5.73 Å². The highest BCUT2D eigenvalue weighted by Crippen LogP contribution is 2.16. The first-order valence-corrected chi connectivity index (χ1v) is 4.83. The predicted octanol–water partition coefficient (Wildman–Crippen LogP) is 2.80. The molecule has 3 atom stereocenters. The van der Waals surface area contributed by atoms with Gasteiger partial charge >= 0.3 is 0 Å². The van der Waals surface area contributed by atoms with Gasteiger partial charge in [-0.3, -0.25) is 0 Å². The summed E-state index contributed by atoms with van der Waals surface area (Å²) in [4.78, 5) is 0. The molecule has 0 aliphatic rings. The highest BCUT2D eigenvalue weighted by molar-refractivity contribution is 4.64. The monoisotopic (exact) mass is 157 g/mol. The van der Waals surface area contributed by atoms with E-state index in [2.05, 4.69) is 27.7 Å². The van der Waals surface area contributed by atoms with Crippen molar-refractivity contribution in [3.8, 4) is 0 Å². The van der Waals surface area contributed by atoms with Crippen LogP contribution in [0.3, 0.4) is 0 Å². The molecule has 0 saturated carbocycles. The van der Waals surface area contributed by atoms with Crippen LogP contribution in [0.15, 0.2) is 0 Å². The van der Waals surface area contributed by atoms with Crippen molar-refractivity contribution >= 4 is 0 Å². The topological polar surface area (TPSA) is 26.0 Å². The van der Waals surface area contributed by atoms with Crippen LogP contribution in [0.4, 0.5) is 0 Å². The van der Waals surface area contributed by atoms with Crippen LogP contribution >= 0.6 is 0 Å². The predicted molar refractivity (Wildman–Crippen MR) is 51.5 cm³/mol. The molecule has 0 aliphatic carbocycles. The summed E-state index contributed by atoms with van der Waals surface area (Å²) in [6, 6.07) is 0.360. The van der Waals surface area contributed by atoms with E-state index in [1.165, 1.54) is 19.3 Å². The highest BCUT2D eigenvalue weighted by Gasteiger charge is 2.08. The molecule has 0 spiro atoms. The molecule has 0 aromatic carbocycles. The van der Waals surface area contributed by atoms with E-state index in [9.17, 15) is 0 Å². The van der Waals surface area contributed by atoms with Crippen molar-refractivity contribution in [2.75, 3.05) is 0 Å². The molecule has 1 nitrogen and oxygen atoms in total. The van der Waals surface area contributed by atoms with Crippen molar-refractivity contribution in [2.24, 2.45) is 17.6 Å².